The quantitative estimate of drug-likeness (QED) is 0.760. The van der Waals surface area contributed by atoms with Crippen molar-refractivity contribution < 1.29 is 9.63 Å². The average molecular weight is 182 g/mol. The summed E-state index contributed by atoms with van der Waals surface area (Å²) >= 11 is 1.53. The molecule has 5 heteroatoms. The first-order valence-electron chi connectivity index (χ1n) is 3.37. The summed E-state index contributed by atoms with van der Waals surface area (Å²) in [5, 5.41) is 14.3. The fourth-order valence-electron chi connectivity index (χ4n) is 0.825. The summed E-state index contributed by atoms with van der Waals surface area (Å²) in [7, 11) is 0. The van der Waals surface area contributed by atoms with Gasteiger partial charge in [0.2, 0.25) is 5.82 Å². The highest BCUT2D eigenvalue weighted by atomic mass is 32.1. The summed E-state index contributed by atoms with van der Waals surface area (Å²) in [6, 6.07) is 3.81. The molecule has 0 fully saturated rings. The standard InChI is InChI=1S/C7H6N2O2S/c10-4-6-8-7(9-11-6)5-2-1-3-12-5/h1-3,10H,4H2. The lowest BCUT2D eigenvalue weighted by molar-refractivity contribution is 0.222. The van der Waals surface area contributed by atoms with Crippen molar-refractivity contribution in [2.75, 3.05) is 0 Å². The zero-order chi connectivity index (χ0) is 8.39. The Balaban J connectivity index is 2.35. The van der Waals surface area contributed by atoms with E-state index in [9.17, 15) is 0 Å². The van der Waals surface area contributed by atoms with Crippen LogP contribution in [-0.4, -0.2) is 15.2 Å². The number of thiophene rings is 1. The molecule has 1 N–H and O–H groups in total. The number of hydrogen-bond donors (Lipinski definition) is 1. The minimum absolute atomic E-state index is 0.210. The zero-order valence-corrected chi connectivity index (χ0v) is 6.91. The first-order chi connectivity index (χ1) is 5.90. The van der Waals surface area contributed by atoms with Gasteiger partial charge in [-0.25, -0.2) is 0 Å². The van der Waals surface area contributed by atoms with Gasteiger partial charge in [0, 0.05) is 0 Å². The Bertz CT molecular complexity index is 355. The molecule has 0 aliphatic heterocycles. The minimum atomic E-state index is -0.210. The first kappa shape index (κ1) is 7.45. The van der Waals surface area contributed by atoms with E-state index in [1.807, 2.05) is 17.5 Å². The van der Waals surface area contributed by atoms with Gasteiger partial charge in [0.05, 0.1) is 4.88 Å². The van der Waals surface area contributed by atoms with E-state index in [1.54, 1.807) is 0 Å². The molecular weight excluding hydrogens is 176 g/mol. The van der Waals surface area contributed by atoms with Crippen molar-refractivity contribution in [2.24, 2.45) is 0 Å². The Morgan fingerprint density at radius 2 is 2.50 bits per heavy atom. The summed E-state index contributed by atoms with van der Waals surface area (Å²) in [6.45, 7) is -0.210. The van der Waals surface area contributed by atoms with Gasteiger partial charge in [-0.05, 0) is 11.4 Å². The number of aromatic nitrogens is 2. The fraction of sp³-hybridized carbons (Fsp3) is 0.143. The molecule has 0 saturated carbocycles. The van der Waals surface area contributed by atoms with Crippen LogP contribution in [0.15, 0.2) is 22.0 Å². The van der Waals surface area contributed by atoms with E-state index in [-0.39, 0.29) is 12.5 Å². The molecule has 62 valence electrons. The zero-order valence-electron chi connectivity index (χ0n) is 6.10. The molecule has 12 heavy (non-hydrogen) atoms. The van der Waals surface area contributed by atoms with E-state index >= 15 is 0 Å². The molecule has 0 atom stereocenters. The van der Waals surface area contributed by atoms with Crippen LogP contribution >= 0.6 is 11.3 Å². The van der Waals surface area contributed by atoms with Crippen molar-refractivity contribution in [3.05, 3.63) is 23.4 Å². The summed E-state index contributed by atoms with van der Waals surface area (Å²) in [6.07, 6.45) is 0. The number of aliphatic hydroxyl groups excluding tert-OH is 1. The fourth-order valence-corrected chi connectivity index (χ4v) is 1.47. The van der Waals surface area contributed by atoms with E-state index < -0.39 is 0 Å². The van der Waals surface area contributed by atoms with Crippen LogP contribution in [0.3, 0.4) is 0 Å². The third-order valence-electron chi connectivity index (χ3n) is 1.34. The molecule has 0 amide bonds. The summed E-state index contributed by atoms with van der Waals surface area (Å²) in [5.41, 5.74) is 0. The van der Waals surface area contributed by atoms with Gasteiger partial charge >= 0.3 is 0 Å². The van der Waals surface area contributed by atoms with Crippen LogP contribution in [0, 0.1) is 0 Å². The molecule has 2 aromatic rings. The molecule has 2 heterocycles. The van der Waals surface area contributed by atoms with Gasteiger partial charge < -0.3 is 9.63 Å². The van der Waals surface area contributed by atoms with Crippen molar-refractivity contribution in [3.8, 4) is 10.7 Å². The largest absolute Gasteiger partial charge is 0.387 e. The molecule has 2 rings (SSSR count). The topological polar surface area (TPSA) is 59.2 Å². The minimum Gasteiger partial charge on any atom is -0.387 e. The Morgan fingerprint density at radius 1 is 1.58 bits per heavy atom. The molecule has 0 radical (unpaired) electrons. The number of aliphatic hydroxyl groups is 1. The third kappa shape index (κ3) is 1.24. The lowest BCUT2D eigenvalue weighted by Gasteiger charge is -1.81. The van der Waals surface area contributed by atoms with E-state index in [2.05, 4.69) is 10.1 Å². The second-order valence-electron chi connectivity index (χ2n) is 2.15. The Morgan fingerprint density at radius 3 is 3.08 bits per heavy atom. The van der Waals surface area contributed by atoms with Crippen LogP contribution in [0.2, 0.25) is 0 Å². The molecular formula is C7H6N2O2S. The smallest absolute Gasteiger partial charge is 0.252 e. The summed E-state index contributed by atoms with van der Waals surface area (Å²) < 4.78 is 4.73. The monoisotopic (exact) mass is 182 g/mol. The predicted molar refractivity (Wildman–Crippen MR) is 43.5 cm³/mol. The maximum Gasteiger partial charge on any atom is 0.252 e. The van der Waals surface area contributed by atoms with E-state index in [1.165, 1.54) is 11.3 Å². The van der Waals surface area contributed by atoms with Crippen molar-refractivity contribution in [3.63, 3.8) is 0 Å². The lowest BCUT2D eigenvalue weighted by Crippen LogP contribution is -1.80. The molecule has 0 bridgehead atoms. The Labute approximate surface area is 72.5 Å². The van der Waals surface area contributed by atoms with Crippen molar-refractivity contribution >= 4 is 11.3 Å². The molecule has 0 spiro atoms. The molecule has 0 aliphatic carbocycles. The van der Waals surface area contributed by atoms with E-state index in [0.717, 1.165) is 4.88 Å². The molecule has 0 unspecified atom stereocenters. The Hall–Kier alpha value is -1.20. The second-order valence-corrected chi connectivity index (χ2v) is 3.09. The van der Waals surface area contributed by atoms with Gasteiger partial charge in [0.1, 0.15) is 6.61 Å². The van der Waals surface area contributed by atoms with Gasteiger partial charge in [-0.1, -0.05) is 11.2 Å². The van der Waals surface area contributed by atoms with Crippen molar-refractivity contribution in [1.82, 2.24) is 10.1 Å². The highest BCUT2D eigenvalue weighted by molar-refractivity contribution is 7.13. The summed E-state index contributed by atoms with van der Waals surface area (Å²) in [5.74, 6) is 0.785. The molecule has 4 nitrogen and oxygen atoms in total. The molecule has 2 aromatic heterocycles. The number of hydrogen-bond acceptors (Lipinski definition) is 5. The van der Waals surface area contributed by atoms with E-state index in [4.69, 9.17) is 9.63 Å². The Kier molecular flexibility index (Phi) is 1.89. The highest BCUT2D eigenvalue weighted by Gasteiger charge is 2.07. The van der Waals surface area contributed by atoms with Crippen LogP contribution in [0.4, 0.5) is 0 Å². The maximum atomic E-state index is 8.66. The second kappa shape index (κ2) is 3.04. The van der Waals surface area contributed by atoms with Crippen LogP contribution in [0.25, 0.3) is 10.7 Å². The van der Waals surface area contributed by atoms with Crippen molar-refractivity contribution in [2.45, 2.75) is 6.61 Å². The predicted octanol–water partition coefficient (Wildman–Crippen LogP) is 1.29. The SMILES string of the molecule is OCc1nc(-c2cccs2)no1. The van der Waals surface area contributed by atoms with Crippen LogP contribution in [0.1, 0.15) is 5.89 Å². The number of rotatable bonds is 2. The van der Waals surface area contributed by atoms with Crippen LogP contribution in [0.5, 0.6) is 0 Å². The highest BCUT2D eigenvalue weighted by Crippen LogP contribution is 2.20. The van der Waals surface area contributed by atoms with Gasteiger partial charge in [-0.15, -0.1) is 11.3 Å². The van der Waals surface area contributed by atoms with Gasteiger partial charge in [0.25, 0.3) is 5.89 Å². The first-order valence-corrected chi connectivity index (χ1v) is 4.25. The van der Waals surface area contributed by atoms with Gasteiger partial charge in [0.15, 0.2) is 0 Å². The van der Waals surface area contributed by atoms with Gasteiger partial charge in [-0.3, -0.25) is 0 Å². The lowest BCUT2D eigenvalue weighted by atomic mass is 10.4. The third-order valence-corrected chi connectivity index (χ3v) is 2.21. The van der Waals surface area contributed by atoms with Crippen LogP contribution in [-0.2, 0) is 6.61 Å². The average Bonchev–Trinajstić information content (AvgIpc) is 2.75. The van der Waals surface area contributed by atoms with Crippen molar-refractivity contribution in [1.29, 1.82) is 0 Å². The normalized spacial score (nSPS) is 10.4. The maximum absolute atomic E-state index is 8.66. The molecule has 0 aliphatic rings. The summed E-state index contributed by atoms with van der Waals surface area (Å²) in [4.78, 5) is 4.90. The number of nitrogens with zero attached hydrogens (tertiary/aromatic N) is 2. The van der Waals surface area contributed by atoms with Crippen LogP contribution < -0.4 is 0 Å². The molecule has 0 saturated heterocycles. The van der Waals surface area contributed by atoms with Gasteiger partial charge in [-0.2, -0.15) is 4.98 Å². The van der Waals surface area contributed by atoms with E-state index in [0.29, 0.717) is 5.82 Å². The molecule has 0 aromatic carbocycles.